The van der Waals surface area contributed by atoms with E-state index in [-0.39, 0.29) is 24.0 Å². The summed E-state index contributed by atoms with van der Waals surface area (Å²) in [5.74, 6) is -1.64. The van der Waals surface area contributed by atoms with Crippen LogP contribution in [0.5, 0.6) is 0 Å². The summed E-state index contributed by atoms with van der Waals surface area (Å²) >= 11 is 0. The number of benzene rings is 2. The van der Waals surface area contributed by atoms with Crippen LogP contribution in [0.15, 0.2) is 54.6 Å². The van der Waals surface area contributed by atoms with Crippen LogP contribution >= 0.6 is 0 Å². The van der Waals surface area contributed by atoms with Gasteiger partial charge in [0.15, 0.2) is 0 Å². The number of hydrogen-bond donors (Lipinski definition) is 2. The monoisotopic (exact) mass is 337 g/mol. The first-order valence-corrected chi connectivity index (χ1v) is 8.54. The summed E-state index contributed by atoms with van der Waals surface area (Å²) in [4.78, 5) is 25.6. The average molecular weight is 337 g/mol. The molecule has 25 heavy (non-hydrogen) atoms. The predicted octanol–water partition coefficient (Wildman–Crippen LogP) is 3.45. The van der Waals surface area contributed by atoms with Gasteiger partial charge in [-0.15, -0.1) is 0 Å². The molecule has 3 atom stereocenters. The van der Waals surface area contributed by atoms with Crippen molar-refractivity contribution < 1.29 is 14.7 Å². The summed E-state index contributed by atoms with van der Waals surface area (Å²) in [7, 11) is 0. The Morgan fingerprint density at radius 3 is 2.44 bits per heavy atom. The first-order valence-electron chi connectivity index (χ1n) is 8.54. The lowest BCUT2D eigenvalue weighted by molar-refractivity contribution is -0.140. The minimum atomic E-state index is -1.09. The third-order valence-corrected chi connectivity index (χ3v) is 4.88. The van der Waals surface area contributed by atoms with Crippen LogP contribution in [0, 0.1) is 12.8 Å². The molecule has 0 heterocycles. The van der Waals surface area contributed by atoms with E-state index >= 15 is 0 Å². The van der Waals surface area contributed by atoms with Crippen LogP contribution in [-0.4, -0.2) is 22.4 Å². The molecule has 0 spiro atoms. The molecule has 0 radical (unpaired) electrons. The first kappa shape index (κ1) is 17.4. The fourth-order valence-electron chi connectivity index (χ4n) is 3.64. The summed E-state index contributed by atoms with van der Waals surface area (Å²) in [6.45, 7) is 3.58. The number of Topliss-reactive ketones (excluding diaryl/α,β-unsaturated/α-hetero) is 1. The molecule has 4 nitrogen and oxygen atoms in total. The van der Waals surface area contributed by atoms with E-state index in [4.69, 9.17) is 0 Å². The molecular formula is C21H23NO3. The lowest BCUT2D eigenvalue weighted by atomic mass is 9.68. The minimum absolute atomic E-state index is 0.00217. The number of aliphatic hydroxyl groups is 1. The van der Waals surface area contributed by atoms with Crippen LogP contribution in [0.4, 0.5) is 5.69 Å². The van der Waals surface area contributed by atoms with Crippen LogP contribution in [-0.2, 0) is 9.59 Å². The molecule has 1 saturated carbocycles. The second kappa shape index (κ2) is 6.81. The second-order valence-electron chi connectivity index (χ2n) is 7.14. The predicted molar refractivity (Wildman–Crippen MR) is 97.3 cm³/mol. The zero-order valence-corrected chi connectivity index (χ0v) is 14.5. The number of amides is 1. The van der Waals surface area contributed by atoms with Crippen molar-refractivity contribution in [2.45, 2.75) is 38.2 Å². The molecule has 1 fully saturated rings. The molecule has 0 bridgehead atoms. The van der Waals surface area contributed by atoms with E-state index < -0.39 is 11.5 Å². The number of ketones is 1. The molecule has 1 aliphatic carbocycles. The molecule has 2 N–H and O–H groups in total. The van der Waals surface area contributed by atoms with Crippen LogP contribution in [0.1, 0.15) is 36.8 Å². The lowest BCUT2D eigenvalue weighted by Gasteiger charge is -2.38. The highest BCUT2D eigenvalue weighted by molar-refractivity contribution is 6.09. The maximum Gasteiger partial charge on any atom is 0.235 e. The molecule has 2 aromatic carbocycles. The Morgan fingerprint density at radius 2 is 1.76 bits per heavy atom. The van der Waals surface area contributed by atoms with Gasteiger partial charge >= 0.3 is 0 Å². The molecular weight excluding hydrogens is 314 g/mol. The minimum Gasteiger partial charge on any atom is -0.390 e. The SMILES string of the molecule is Cc1ccccc1NC(=O)[C@@H]1C(=O)C[C@](C)(O)C[C@H]1c1ccccc1. The van der Waals surface area contributed by atoms with Crippen molar-refractivity contribution in [2.75, 3.05) is 5.32 Å². The highest BCUT2D eigenvalue weighted by atomic mass is 16.3. The quantitative estimate of drug-likeness (QED) is 0.843. The maximum atomic E-state index is 12.9. The van der Waals surface area contributed by atoms with E-state index in [0.29, 0.717) is 12.1 Å². The Balaban J connectivity index is 1.92. The number of aryl methyl sites for hydroxylation is 1. The average Bonchev–Trinajstić information content (AvgIpc) is 2.56. The molecule has 0 unspecified atom stereocenters. The van der Waals surface area contributed by atoms with Gasteiger partial charge in [0, 0.05) is 18.0 Å². The summed E-state index contributed by atoms with van der Waals surface area (Å²) in [6.07, 6.45) is 0.386. The van der Waals surface area contributed by atoms with Gasteiger partial charge in [-0.25, -0.2) is 0 Å². The maximum absolute atomic E-state index is 12.9. The van der Waals surface area contributed by atoms with Crippen LogP contribution in [0.2, 0.25) is 0 Å². The smallest absolute Gasteiger partial charge is 0.235 e. The fraction of sp³-hybridized carbons (Fsp3) is 0.333. The van der Waals surface area contributed by atoms with Gasteiger partial charge in [-0.2, -0.15) is 0 Å². The number of anilines is 1. The van der Waals surface area contributed by atoms with Crippen LogP contribution < -0.4 is 5.32 Å². The highest BCUT2D eigenvalue weighted by Gasteiger charge is 2.46. The number of rotatable bonds is 3. The molecule has 1 amide bonds. The van der Waals surface area contributed by atoms with E-state index in [1.165, 1.54) is 0 Å². The van der Waals surface area contributed by atoms with Crippen molar-refractivity contribution in [2.24, 2.45) is 5.92 Å². The summed E-state index contributed by atoms with van der Waals surface area (Å²) in [6, 6.07) is 17.0. The molecule has 0 aliphatic heterocycles. The van der Waals surface area contributed by atoms with Gasteiger partial charge in [0.05, 0.1) is 5.60 Å². The Hall–Kier alpha value is -2.46. The Kier molecular flexibility index (Phi) is 4.73. The standard InChI is InChI=1S/C21H23NO3/c1-14-8-6-7-11-17(14)22-20(24)19-16(15-9-4-3-5-10-15)12-21(2,25)13-18(19)23/h3-11,16,19,25H,12-13H2,1-2H3,(H,22,24)/t16-,19-,21+/m0/s1. The van der Waals surface area contributed by atoms with E-state index in [2.05, 4.69) is 5.32 Å². The van der Waals surface area contributed by atoms with Crippen molar-refractivity contribution in [3.8, 4) is 0 Å². The van der Waals surface area contributed by atoms with Crippen molar-refractivity contribution in [3.63, 3.8) is 0 Å². The molecule has 0 aromatic heterocycles. The summed E-state index contributed by atoms with van der Waals surface area (Å²) in [5.41, 5.74) is 1.48. The third-order valence-electron chi connectivity index (χ3n) is 4.88. The molecule has 2 aromatic rings. The van der Waals surface area contributed by atoms with Gasteiger partial charge in [-0.05, 0) is 37.5 Å². The largest absolute Gasteiger partial charge is 0.390 e. The summed E-state index contributed by atoms with van der Waals surface area (Å²) in [5, 5.41) is 13.4. The van der Waals surface area contributed by atoms with Gasteiger partial charge < -0.3 is 10.4 Å². The molecule has 4 heteroatoms. The Bertz CT molecular complexity index is 783. The van der Waals surface area contributed by atoms with Gasteiger partial charge in [0.25, 0.3) is 0 Å². The molecule has 3 rings (SSSR count). The second-order valence-corrected chi connectivity index (χ2v) is 7.14. The van der Waals surface area contributed by atoms with Gasteiger partial charge in [-0.3, -0.25) is 9.59 Å². The van der Waals surface area contributed by atoms with Crippen molar-refractivity contribution in [3.05, 3.63) is 65.7 Å². The van der Waals surface area contributed by atoms with Gasteiger partial charge in [-0.1, -0.05) is 48.5 Å². The van der Waals surface area contributed by atoms with Crippen molar-refractivity contribution >= 4 is 17.4 Å². The fourth-order valence-corrected chi connectivity index (χ4v) is 3.64. The number of carbonyl (C=O) groups excluding carboxylic acids is 2. The zero-order chi connectivity index (χ0) is 18.0. The topological polar surface area (TPSA) is 66.4 Å². The van der Waals surface area contributed by atoms with Crippen molar-refractivity contribution in [1.82, 2.24) is 0 Å². The van der Waals surface area contributed by atoms with E-state index in [1.807, 2.05) is 61.5 Å². The number of hydrogen-bond acceptors (Lipinski definition) is 3. The highest BCUT2D eigenvalue weighted by Crippen LogP contribution is 2.41. The summed E-state index contributed by atoms with van der Waals surface area (Å²) < 4.78 is 0. The zero-order valence-electron chi connectivity index (χ0n) is 14.5. The van der Waals surface area contributed by atoms with E-state index in [1.54, 1.807) is 6.92 Å². The number of carbonyl (C=O) groups is 2. The molecule has 130 valence electrons. The van der Waals surface area contributed by atoms with Gasteiger partial charge in [0.1, 0.15) is 11.7 Å². The van der Waals surface area contributed by atoms with E-state index in [9.17, 15) is 14.7 Å². The molecule has 1 aliphatic rings. The van der Waals surface area contributed by atoms with E-state index in [0.717, 1.165) is 11.1 Å². The number of para-hydroxylation sites is 1. The van der Waals surface area contributed by atoms with Crippen molar-refractivity contribution in [1.29, 1.82) is 0 Å². The van der Waals surface area contributed by atoms with Crippen LogP contribution in [0.25, 0.3) is 0 Å². The lowest BCUT2D eigenvalue weighted by Crippen LogP contribution is -2.46. The molecule has 0 saturated heterocycles. The first-order chi connectivity index (χ1) is 11.9. The Morgan fingerprint density at radius 1 is 1.12 bits per heavy atom. The Labute approximate surface area is 147 Å². The third kappa shape index (κ3) is 3.80. The van der Waals surface area contributed by atoms with Gasteiger partial charge in [0.2, 0.25) is 5.91 Å². The number of nitrogens with one attached hydrogen (secondary N) is 1. The van der Waals surface area contributed by atoms with Crippen LogP contribution in [0.3, 0.4) is 0 Å². The normalized spacial score (nSPS) is 26.3.